The van der Waals surface area contributed by atoms with Crippen LogP contribution in [0, 0.1) is 20.2 Å². The average Bonchev–Trinajstić information content (AvgIpc) is 2.49. The first-order valence-corrected chi connectivity index (χ1v) is 5.89. The smallest absolute Gasteiger partial charge is 0.321 e. The Bertz CT molecular complexity index is 742. The van der Waals surface area contributed by atoms with Crippen molar-refractivity contribution in [1.29, 1.82) is 0 Å². The summed E-state index contributed by atoms with van der Waals surface area (Å²) in [6.07, 6.45) is 1.28. The van der Waals surface area contributed by atoms with Gasteiger partial charge in [0.05, 0.1) is 22.1 Å². The van der Waals surface area contributed by atoms with Crippen LogP contribution < -0.4 is 4.84 Å². The van der Waals surface area contributed by atoms with Crippen LogP contribution in [0.2, 0.25) is 0 Å². The lowest BCUT2D eigenvalue weighted by Gasteiger charge is -2.00. The molecule has 0 aliphatic rings. The molecule has 0 aromatic heterocycles. The summed E-state index contributed by atoms with van der Waals surface area (Å²) in [5.41, 5.74) is -0.374. The molecule has 2 aromatic carbocycles. The van der Waals surface area contributed by atoms with Crippen LogP contribution in [0.1, 0.15) is 5.56 Å². The van der Waals surface area contributed by atoms with E-state index in [-0.39, 0.29) is 11.5 Å². The van der Waals surface area contributed by atoms with E-state index >= 15 is 0 Å². The molecule has 112 valence electrons. The number of hydrogen-bond donors (Lipinski definition) is 1. The lowest BCUT2D eigenvalue weighted by atomic mass is 10.2. The Balaban J connectivity index is 2.20. The first kappa shape index (κ1) is 14.9. The number of aromatic hydroxyl groups is 1. The van der Waals surface area contributed by atoms with E-state index in [1.54, 1.807) is 12.1 Å². The van der Waals surface area contributed by atoms with Crippen LogP contribution in [0.15, 0.2) is 47.6 Å². The van der Waals surface area contributed by atoms with E-state index in [0.29, 0.717) is 5.56 Å². The van der Waals surface area contributed by atoms with E-state index in [0.717, 1.165) is 18.2 Å². The predicted octanol–water partition coefficient (Wildman–Crippen LogP) is 2.62. The average molecular weight is 303 g/mol. The van der Waals surface area contributed by atoms with Gasteiger partial charge in [0.15, 0.2) is 0 Å². The van der Waals surface area contributed by atoms with Crippen molar-refractivity contribution in [2.75, 3.05) is 0 Å². The largest absolute Gasteiger partial charge is 0.508 e. The number of hydrogen-bond acceptors (Lipinski definition) is 7. The minimum absolute atomic E-state index is 0.0871. The summed E-state index contributed by atoms with van der Waals surface area (Å²) in [6.45, 7) is 0. The van der Waals surface area contributed by atoms with E-state index in [2.05, 4.69) is 5.16 Å². The Morgan fingerprint density at radius 2 is 1.73 bits per heavy atom. The highest BCUT2D eigenvalue weighted by molar-refractivity contribution is 5.79. The molecule has 2 aromatic rings. The van der Waals surface area contributed by atoms with Crippen molar-refractivity contribution in [3.8, 4) is 11.5 Å². The van der Waals surface area contributed by atoms with Crippen molar-refractivity contribution in [2.45, 2.75) is 0 Å². The number of nitro groups is 2. The Morgan fingerprint density at radius 3 is 2.32 bits per heavy atom. The molecule has 9 nitrogen and oxygen atoms in total. The van der Waals surface area contributed by atoms with Gasteiger partial charge in [-0.2, -0.15) is 0 Å². The van der Waals surface area contributed by atoms with Crippen LogP contribution in [0.5, 0.6) is 11.5 Å². The topological polar surface area (TPSA) is 128 Å². The second-order valence-electron chi connectivity index (χ2n) is 4.08. The van der Waals surface area contributed by atoms with Crippen LogP contribution in [0.25, 0.3) is 0 Å². The van der Waals surface area contributed by atoms with Gasteiger partial charge in [-0.05, 0) is 35.9 Å². The highest BCUT2D eigenvalue weighted by atomic mass is 16.7. The molecular weight excluding hydrogens is 294 g/mol. The maximum Gasteiger partial charge on any atom is 0.321 e. The van der Waals surface area contributed by atoms with Crippen LogP contribution in [-0.4, -0.2) is 21.2 Å². The fourth-order valence-corrected chi connectivity index (χ4v) is 1.54. The zero-order valence-corrected chi connectivity index (χ0v) is 10.9. The molecule has 0 unspecified atom stereocenters. The van der Waals surface area contributed by atoms with Gasteiger partial charge in [0.1, 0.15) is 5.75 Å². The molecule has 0 aliphatic carbocycles. The third-order valence-corrected chi connectivity index (χ3v) is 2.60. The predicted molar refractivity (Wildman–Crippen MR) is 76.1 cm³/mol. The van der Waals surface area contributed by atoms with Crippen molar-refractivity contribution >= 4 is 17.6 Å². The normalized spacial score (nSPS) is 10.5. The molecule has 0 radical (unpaired) electrons. The number of non-ortho nitro benzene ring substituents is 1. The molecule has 0 fully saturated rings. The Morgan fingerprint density at radius 1 is 1.05 bits per heavy atom. The number of benzene rings is 2. The van der Waals surface area contributed by atoms with E-state index in [1.807, 2.05) is 0 Å². The molecule has 9 heteroatoms. The fraction of sp³-hybridized carbons (Fsp3) is 0. The summed E-state index contributed by atoms with van der Waals surface area (Å²) in [5, 5.41) is 34.2. The second kappa shape index (κ2) is 6.31. The second-order valence-corrected chi connectivity index (χ2v) is 4.08. The third kappa shape index (κ3) is 3.54. The number of phenols is 1. The van der Waals surface area contributed by atoms with Crippen LogP contribution in [-0.2, 0) is 0 Å². The van der Waals surface area contributed by atoms with Gasteiger partial charge >= 0.3 is 5.69 Å². The zero-order valence-electron chi connectivity index (χ0n) is 10.9. The van der Waals surface area contributed by atoms with Gasteiger partial charge in [0.25, 0.3) is 5.69 Å². The Hall–Kier alpha value is -3.49. The summed E-state index contributed by atoms with van der Waals surface area (Å²) < 4.78 is 0. The Kier molecular flexibility index (Phi) is 4.27. The molecule has 0 saturated heterocycles. The number of oxime groups is 1. The first-order valence-electron chi connectivity index (χ1n) is 5.89. The maximum atomic E-state index is 10.9. The van der Waals surface area contributed by atoms with Crippen LogP contribution >= 0.6 is 0 Å². The lowest BCUT2D eigenvalue weighted by molar-refractivity contribution is -0.394. The number of nitrogens with zero attached hydrogens (tertiary/aromatic N) is 3. The number of nitro benzene ring substituents is 2. The highest BCUT2D eigenvalue weighted by Gasteiger charge is 2.20. The molecule has 1 N–H and O–H groups in total. The first-order chi connectivity index (χ1) is 10.5. The van der Waals surface area contributed by atoms with Gasteiger partial charge in [-0.1, -0.05) is 5.16 Å². The van der Waals surface area contributed by atoms with Crippen molar-refractivity contribution < 1.29 is 19.8 Å². The molecule has 0 bridgehead atoms. The van der Waals surface area contributed by atoms with Crippen molar-refractivity contribution in [3.05, 3.63) is 68.3 Å². The summed E-state index contributed by atoms with van der Waals surface area (Å²) >= 11 is 0. The quantitative estimate of drug-likeness (QED) is 0.513. The summed E-state index contributed by atoms with van der Waals surface area (Å²) in [6, 6.07) is 8.98. The number of rotatable bonds is 5. The van der Waals surface area contributed by atoms with E-state index in [4.69, 9.17) is 9.94 Å². The van der Waals surface area contributed by atoms with Crippen molar-refractivity contribution in [3.63, 3.8) is 0 Å². The van der Waals surface area contributed by atoms with Gasteiger partial charge in [0, 0.05) is 6.07 Å². The van der Waals surface area contributed by atoms with Gasteiger partial charge in [-0.15, -0.1) is 0 Å². The summed E-state index contributed by atoms with van der Waals surface area (Å²) in [5.74, 6) is -0.130. The molecule has 0 atom stereocenters. The fourth-order valence-electron chi connectivity index (χ4n) is 1.54. The summed E-state index contributed by atoms with van der Waals surface area (Å²) in [7, 11) is 0. The maximum absolute atomic E-state index is 10.9. The van der Waals surface area contributed by atoms with E-state index < -0.39 is 21.2 Å². The molecular formula is C13H9N3O6. The minimum atomic E-state index is -0.793. The Labute approximate surface area is 123 Å². The van der Waals surface area contributed by atoms with E-state index in [1.165, 1.54) is 18.3 Å². The van der Waals surface area contributed by atoms with Gasteiger partial charge in [-0.25, -0.2) is 0 Å². The van der Waals surface area contributed by atoms with Crippen molar-refractivity contribution in [1.82, 2.24) is 0 Å². The molecule has 0 saturated carbocycles. The molecule has 0 amide bonds. The zero-order chi connectivity index (χ0) is 16.1. The SMILES string of the molecule is O=[N+]([O-])c1ccc(ON=Cc2ccc(O)cc2)c([N+](=O)[O-])c1. The standard InChI is InChI=1S/C13H9N3O6/c17-11-4-1-9(2-5-11)8-14-22-13-6-3-10(15(18)19)7-12(13)16(20)21/h1-8,17H. The molecule has 22 heavy (non-hydrogen) atoms. The van der Waals surface area contributed by atoms with Crippen LogP contribution in [0.4, 0.5) is 11.4 Å². The van der Waals surface area contributed by atoms with E-state index in [9.17, 15) is 20.2 Å². The van der Waals surface area contributed by atoms with Crippen molar-refractivity contribution in [2.24, 2.45) is 5.16 Å². The van der Waals surface area contributed by atoms with Gasteiger partial charge < -0.3 is 9.94 Å². The van der Waals surface area contributed by atoms with Crippen LogP contribution in [0.3, 0.4) is 0 Å². The lowest BCUT2D eigenvalue weighted by Crippen LogP contribution is -1.96. The molecule has 0 heterocycles. The monoisotopic (exact) mass is 303 g/mol. The summed E-state index contributed by atoms with van der Waals surface area (Å²) in [4.78, 5) is 24.9. The molecule has 0 spiro atoms. The number of phenolic OH excluding ortho intramolecular Hbond substituents is 1. The molecule has 0 aliphatic heterocycles. The van der Waals surface area contributed by atoms with Gasteiger partial charge in [-0.3, -0.25) is 20.2 Å². The van der Waals surface area contributed by atoms with Gasteiger partial charge in [0.2, 0.25) is 5.75 Å². The molecule has 2 rings (SSSR count). The highest BCUT2D eigenvalue weighted by Crippen LogP contribution is 2.31. The third-order valence-electron chi connectivity index (χ3n) is 2.60. The minimum Gasteiger partial charge on any atom is -0.508 e.